The van der Waals surface area contributed by atoms with Crippen molar-refractivity contribution in [1.82, 2.24) is 0 Å². The molecule has 0 saturated carbocycles. The predicted octanol–water partition coefficient (Wildman–Crippen LogP) is 6.04. The van der Waals surface area contributed by atoms with E-state index in [-0.39, 0.29) is 12.8 Å². The fraction of sp³-hybridized carbons (Fsp3) is 0.613. The van der Waals surface area contributed by atoms with Crippen LogP contribution in [-0.4, -0.2) is 65.7 Å². The van der Waals surface area contributed by atoms with Crippen LogP contribution < -0.4 is 0 Å². The van der Waals surface area contributed by atoms with E-state index in [0.717, 1.165) is 38.5 Å². The van der Waals surface area contributed by atoms with Crippen molar-refractivity contribution in [2.24, 2.45) is 0 Å². The van der Waals surface area contributed by atoms with Gasteiger partial charge in [0.2, 0.25) is 0 Å². The van der Waals surface area contributed by atoms with Crippen LogP contribution in [-0.2, 0) is 32.7 Å². The quantitative estimate of drug-likeness (QED) is 0.0456. The number of phosphoric acid groups is 1. The van der Waals surface area contributed by atoms with Crippen molar-refractivity contribution < 1.29 is 47.8 Å². The zero-order valence-electron chi connectivity index (χ0n) is 25.2. The number of phosphoric ester groups is 1. The lowest BCUT2D eigenvalue weighted by Gasteiger charge is -2.20. The summed E-state index contributed by atoms with van der Waals surface area (Å²) in [4.78, 5) is 33.5. The summed E-state index contributed by atoms with van der Waals surface area (Å²) in [5.41, 5.74) is 0. The molecule has 0 heterocycles. The Morgan fingerprint density at radius 3 is 1.48 bits per heavy atom. The van der Waals surface area contributed by atoms with Gasteiger partial charge in [0.05, 0.1) is 26.4 Å². The molecule has 0 aromatic heterocycles. The summed E-state index contributed by atoms with van der Waals surface area (Å²) >= 11 is 0. The summed E-state index contributed by atoms with van der Waals surface area (Å²) in [6, 6.07) is 0. The molecule has 0 aliphatic heterocycles. The Labute approximate surface area is 251 Å². The molecule has 0 aromatic rings. The normalized spacial score (nSPS) is 15.3. The van der Waals surface area contributed by atoms with Gasteiger partial charge in [-0.25, -0.2) is 4.57 Å². The Balaban J connectivity index is 4.10. The number of esters is 2. The Kier molecular flexibility index (Phi) is 26.0. The molecule has 11 heteroatoms. The van der Waals surface area contributed by atoms with E-state index in [1.807, 2.05) is 19.1 Å². The van der Waals surface area contributed by atoms with Crippen LogP contribution in [0.15, 0.2) is 60.8 Å². The molecule has 0 rings (SSSR count). The molecular weight excluding hydrogens is 563 g/mol. The van der Waals surface area contributed by atoms with Gasteiger partial charge in [-0.2, -0.15) is 0 Å². The number of unbranched alkanes of at least 4 members (excludes halogenated alkanes) is 2. The van der Waals surface area contributed by atoms with Crippen LogP contribution in [0.2, 0.25) is 0 Å². The summed E-state index contributed by atoms with van der Waals surface area (Å²) in [5, 5.41) is 18.7. The Morgan fingerprint density at radius 1 is 0.667 bits per heavy atom. The maximum absolute atomic E-state index is 12.1. The maximum atomic E-state index is 12.1. The van der Waals surface area contributed by atoms with Gasteiger partial charge in [-0.3, -0.25) is 18.6 Å². The van der Waals surface area contributed by atoms with Crippen LogP contribution in [0.5, 0.6) is 0 Å². The van der Waals surface area contributed by atoms with E-state index in [9.17, 15) is 29.3 Å². The zero-order valence-corrected chi connectivity index (χ0v) is 26.1. The lowest BCUT2D eigenvalue weighted by molar-refractivity contribution is -0.153. The number of carbonyl (C=O) groups excluding carboxylic acids is 2. The zero-order chi connectivity index (χ0) is 31.3. The van der Waals surface area contributed by atoms with Gasteiger partial charge in [-0.05, 0) is 51.4 Å². The number of allylic oxidation sites excluding steroid dienone is 10. The Bertz CT molecular complexity index is 894. The molecule has 0 spiro atoms. The van der Waals surface area contributed by atoms with Crippen molar-refractivity contribution in [1.29, 1.82) is 0 Å². The third-order valence-corrected chi connectivity index (χ3v) is 6.45. The number of aliphatic hydroxyl groups excluding tert-OH is 2. The number of carbonyl (C=O) groups is 2. The van der Waals surface area contributed by atoms with Crippen molar-refractivity contribution in [3.8, 4) is 0 Å². The summed E-state index contributed by atoms with van der Waals surface area (Å²) in [7, 11) is -4.62. The highest BCUT2D eigenvalue weighted by Gasteiger charge is 2.27. The molecule has 0 aliphatic carbocycles. The summed E-state index contributed by atoms with van der Waals surface area (Å²) in [6.45, 7) is 1.66. The summed E-state index contributed by atoms with van der Waals surface area (Å²) < 4.78 is 31.7. The maximum Gasteiger partial charge on any atom is 0.472 e. The minimum absolute atomic E-state index is 0.111. The monoisotopic (exact) mass is 614 g/mol. The highest BCUT2D eigenvalue weighted by Crippen LogP contribution is 2.43. The molecule has 0 fully saturated rings. The van der Waals surface area contributed by atoms with Gasteiger partial charge in [0.25, 0.3) is 0 Å². The first-order valence-corrected chi connectivity index (χ1v) is 16.2. The summed E-state index contributed by atoms with van der Waals surface area (Å²) in [5.74, 6) is -1.13. The van der Waals surface area contributed by atoms with Gasteiger partial charge in [-0.15, -0.1) is 0 Å². The fourth-order valence-corrected chi connectivity index (χ4v) is 3.97. The van der Waals surface area contributed by atoms with Crippen LogP contribution in [0.4, 0.5) is 0 Å². The van der Waals surface area contributed by atoms with E-state index in [4.69, 9.17) is 18.5 Å². The standard InChI is InChI=1S/C31H51O10P/c1-3-5-7-8-9-10-11-12-13-14-15-16-17-18-19-20-21-23-31(35)41-29(25-33)27-39-42(36,37)38-26-28(24-32)40-30(34)22-6-4-2/h5,7,9-10,12-13,15-16,18-19,28-29,32-33H,3-4,6,8,11,14,17,20-27H2,1-2H3,(H,36,37)/b7-5-,10-9-,13-12-,16-15-,19-18-. The molecule has 3 unspecified atom stereocenters. The molecule has 0 saturated heterocycles. The van der Waals surface area contributed by atoms with Gasteiger partial charge in [0.1, 0.15) is 12.2 Å². The number of rotatable bonds is 26. The number of ether oxygens (including phenoxy) is 2. The van der Waals surface area contributed by atoms with Crippen LogP contribution >= 0.6 is 7.82 Å². The smallest absolute Gasteiger partial charge is 0.457 e. The molecule has 0 amide bonds. The van der Waals surface area contributed by atoms with Crippen molar-refractivity contribution in [3.63, 3.8) is 0 Å². The third kappa shape index (κ3) is 25.4. The Morgan fingerprint density at radius 2 is 1.07 bits per heavy atom. The van der Waals surface area contributed by atoms with Crippen molar-refractivity contribution in [2.45, 2.75) is 96.7 Å². The van der Waals surface area contributed by atoms with Crippen molar-refractivity contribution in [3.05, 3.63) is 60.8 Å². The largest absolute Gasteiger partial charge is 0.472 e. The van der Waals surface area contributed by atoms with Crippen molar-refractivity contribution in [2.75, 3.05) is 26.4 Å². The van der Waals surface area contributed by atoms with E-state index in [2.05, 4.69) is 55.5 Å². The van der Waals surface area contributed by atoms with E-state index in [1.165, 1.54) is 0 Å². The molecule has 3 N–H and O–H groups in total. The Hall–Kier alpha value is -2.33. The topological polar surface area (TPSA) is 149 Å². The van der Waals surface area contributed by atoms with E-state index in [1.54, 1.807) is 0 Å². The van der Waals surface area contributed by atoms with Crippen LogP contribution in [0.25, 0.3) is 0 Å². The second-order valence-electron chi connectivity index (χ2n) is 9.35. The first kappa shape index (κ1) is 39.7. The molecule has 0 aromatic carbocycles. The van der Waals surface area contributed by atoms with Gasteiger partial charge < -0.3 is 24.6 Å². The summed E-state index contributed by atoms with van der Waals surface area (Å²) in [6.07, 6.45) is 26.4. The fourth-order valence-electron chi connectivity index (χ4n) is 3.18. The van der Waals surface area contributed by atoms with Gasteiger partial charge in [0.15, 0.2) is 0 Å². The SMILES string of the molecule is CC/C=C\C/C=C\C/C=C\C/C=C\C/C=C\CCCC(=O)OC(CO)COP(=O)(O)OCC(CO)OC(=O)CCCC. The molecule has 0 aliphatic rings. The average molecular weight is 615 g/mol. The lowest BCUT2D eigenvalue weighted by atomic mass is 10.2. The molecule has 240 valence electrons. The second-order valence-corrected chi connectivity index (χ2v) is 10.8. The van der Waals surface area contributed by atoms with E-state index < -0.39 is 58.4 Å². The number of aliphatic hydroxyl groups is 2. The molecule has 10 nitrogen and oxygen atoms in total. The molecule has 0 bridgehead atoms. The highest BCUT2D eigenvalue weighted by atomic mass is 31.2. The number of hydrogen-bond acceptors (Lipinski definition) is 9. The molecule has 42 heavy (non-hydrogen) atoms. The van der Waals surface area contributed by atoms with Gasteiger partial charge in [0, 0.05) is 12.8 Å². The van der Waals surface area contributed by atoms with Gasteiger partial charge >= 0.3 is 19.8 Å². The van der Waals surface area contributed by atoms with Crippen LogP contribution in [0.3, 0.4) is 0 Å². The van der Waals surface area contributed by atoms with Crippen LogP contribution in [0.1, 0.15) is 84.5 Å². The van der Waals surface area contributed by atoms with Crippen LogP contribution in [0, 0.1) is 0 Å². The molecule has 3 atom stereocenters. The van der Waals surface area contributed by atoms with E-state index >= 15 is 0 Å². The molecule has 0 radical (unpaired) electrons. The molecular formula is C31H51O10P. The third-order valence-electron chi connectivity index (χ3n) is 5.49. The first-order valence-electron chi connectivity index (χ1n) is 14.7. The minimum atomic E-state index is -4.62. The van der Waals surface area contributed by atoms with Gasteiger partial charge in [-0.1, -0.05) is 81.0 Å². The minimum Gasteiger partial charge on any atom is -0.457 e. The van der Waals surface area contributed by atoms with Crippen molar-refractivity contribution >= 4 is 19.8 Å². The average Bonchev–Trinajstić information content (AvgIpc) is 2.97. The van der Waals surface area contributed by atoms with E-state index in [0.29, 0.717) is 19.3 Å². The second kappa shape index (κ2) is 27.5. The first-order chi connectivity index (χ1) is 20.3. The highest BCUT2D eigenvalue weighted by molar-refractivity contribution is 7.47. The number of hydrogen-bond donors (Lipinski definition) is 3. The lowest BCUT2D eigenvalue weighted by Crippen LogP contribution is -2.28. The predicted molar refractivity (Wildman–Crippen MR) is 163 cm³/mol.